The molecule has 3 N–H and O–H groups in total. The van der Waals surface area contributed by atoms with E-state index in [0.717, 1.165) is 5.65 Å². The highest BCUT2D eigenvalue weighted by Crippen LogP contribution is 2.22. The zero-order valence-corrected chi connectivity index (χ0v) is 10.2. The zero-order chi connectivity index (χ0) is 13.2. The van der Waals surface area contributed by atoms with Crippen LogP contribution in [0.25, 0.3) is 5.65 Å². The lowest BCUT2D eigenvalue weighted by Gasteiger charge is -2.30. The Morgan fingerprint density at radius 3 is 3.26 bits per heavy atom. The Morgan fingerprint density at radius 1 is 1.58 bits per heavy atom. The summed E-state index contributed by atoms with van der Waals surface area (Å²) in [6.07, 6.45) is 4.83. The van der Waals surface area contributed by atoms with Crippen molar-refractivity contribution in [3.63, 3.8) is 0 Å². The number of rotatable bonds is 2. The molecule has 3 heterocycles. The second kappa shape index (κ2) is 4.72. The van der Waals surface area contributed by atoms with E-state index in [0.29, 0.717) is 31.3 Å². The standard InChI is InChI=1S/C11H13N7O/c12-5-8-6-18(3-4-19-8)11-10-14-1-2-17(10)7-9(15-11)16-13/h1-2,7-8,16H,3-4,6,13H2. The number of nitrogens with two attached hydrogens (primary N) is 1. The van der Waals surface area contributed by atoms with E-state index in [9.17, 15) is 0 Å². The lowest BCUT2D eigenvalue weighted by atomic mass is 10.3. The fraction of sp³-hybridized carbons (Fsp3) is 0.364. The average molecular weight is 259 g/mol. The van der Waals surface area contributed by atoms with Gasteiger partial charge in [-0.05, 0) is 0 Å². The third kappa shape index (κ3) is 2.05. The largest absolute Gasteiger partial charge is 0.360 e. The maximum atomic E-state index is 8.95. The highest BCUT2D eigenvalue weighted by molar-refractivity contribution is 5.67. The van der Waals surface area contributed by atoms with Gasteiger partial charge in [0.2, 0.25) is 0 Å². The SMILES string of the molecule is N#CC1CN(c2nc(NN)cn3ccnc23)CCO1. The molecule has 1 fully saturated rings. The summed E-state index contributed by atoms with van der Waals surface area (Å²) in [6, 6.07) is 2.11. The summed E-state index contributed by atoms with van der Waals surface area (Å²) in [5, 5.41) is 8.95. The second-order valence-electron chi connectivity index (χ2n) is 4.19. The molecule has 98 valence electrons. The molecule has 0 bridgehead atoms. The second-order valence-corrected chi connectivity index (χ2v) is 4.19. The molecule has 1 aliphatic heterocycles. The molecule has 3 rings (SSSR count). The molecule has 0 saturated carbocycles. The van der Waals surface area contributed by atoms with Crippen LogP contribution >= 0.6 is 0 Å². The number of morpholine rings is 1. The Labute approximate surface area is 109 Å². The summed E-state index contributed by atoms with van der Waals surface area (Å²) >= 11 is 0. The van der Waals surface area contributed by atoms with Crippen molar-refractivity contribution in [3.05, 3.63) is 18.6 Å². The smallest absolute Gasteiger partial charge is 0.180 e. The molecule has 2 aromatic rings. The van der Waals surface area contributed by atoms with Crippen molar-refractivity contribution in [3.8, 4) is 6.07 Å². The topological polar surface area (TPSA) is 104 Å². The van der Waals surface area contributed by atoms with Crippen LogP contribution in [0.5, 0.6) is 0 Å². The van der Waals surface area contributed by atoms with Gasteiger partial charge in [0.15, 0.2) is 23.4 Å². The number of anilines is 2. The van der Waals surface area contributed by atoms with Crippen LogP contribution in [0.3, 0.4) is 0 Å². The molecule has 0 amide bonds. The van der Waals surface area contributed by atoms with Gasteiger partial charge < -0.3 is 19.5 Å². The number of imidazole rings is 1. The summed E-state index contributed by atoms with van der Waals surface area (Å²) in [4.78, 5) is 10.7. The molecule has 1 saturated heterocycles. The van der Waals surface area contributed by atoms with E-state index >= 15 is 0 Å². The molecule has 0 radical (unpaired) electrons. The number of nitriles is 1. The number of hydrazine groups is 1. The van der Waals surface area contributed by atoms with Crippen molar-refractivity contribution in [2.45, 2.75) is 6.10 Å². The first-order valence-corrected chi connectivity index (χ1v) is 5.88. The molecule has 1 unspecified atom stereocenters. The quantitative estimate of drug-likeness (QED) is 0.565. The third-order valence-electron chi connectivity index (χ3n) is 3.01. The lowest BCUT2D eigenvalue weighted by Crippen LogP contribution is -2.42. The van der Waals surface area contributed by atoms with Crippen molar-refractivity contribution in [2.24, 2.45) is 5.84 Å². The number of fused-ring (bicyclic) bond motifs is 1. The first-order chi connectivity index (χ1) is 9.31. The fourth-order valence-electron chi connectivity index (χ4n) is 2.12. The first-order valence-electron chi connectivity index (χ1n) is 5.88. The van der Waals surface area contributed by atoms with Crippen LogP contribution in [0, 0.1) is 11.3 Å². The van der Waals surface area contributed by atoms with Gasteiger partial charge in [0.25, 0.3) is 0 Å². The summed E-state index contributed by atoms with van der Waals surface area (Å²) in [5.74, 6) is 6.66. The van der Waals surface area contributed by atoms with Crippen LogP contribution in [-0.4, -0.2) is 40.2 Å². The van der Waals surface area contributed by atoms with Crippen LogP contribution in [0.1, 0.15) is 0 Å². The third-order valence-corrected chi connectivity index (χ3v) is 3.01. The van der Waals surface area contributed by atoms with Gasteiger partial charge >= 0.3 is 0 Å². The minimum atomic E-state index is -0.444. The van der Waals surface area contributed by atoms with E-state index in [-0.39, 0.29) is 0 Å². The molecular weight excluding hydrogens is 246 g/mol. The van der Waals surface area contributed by atoms with Crippen LogP contribution in [0.2, 0.25) is 0 Å². The van der Waals surface area contributed by atoms with E-state index in [4.69, 9.17) is 15.8 Å². The van der Waals surface area contributed by atoms with Gasteiger partial charge in [0.1, 0.15) is 0 Å². The molecule has 0 aliphatic carbocycles. The number of hydrogen-bond donors (Lipinski definition) is 2. The van der Waals surface area contributed by atoms with Gasteiger partial charge in [-0.25, -0.2) is 15.8 Å². The van der Waals surface area contributed by atoms with Crippen molar-refractivity contribution in [1.82, 2.24) is 14.4 Å². The molecule has 8 nitrogen and oxygen atoms in total. The summed E-state index contributed by atoms with van der Waals surface area (Å²) in [5.41, 5.74) is 3.26. The number of ether oxygens (including phenoxy) is 1. The van der Waals surface area contributed by atoms with Gasteiger partial charge in [0, 0.05) is 18.9 Å². The van der Waals surface area contributed by atoms with Gasteiger partial charge in [-0.1, -0.05) is 0 Å². The van der Waals surface area contributed by atoms with Crippen molar-refractivity contribution in [1.29, 1.82) is 5.26 Å². The van der Waals surface area contributed by atoms with Gasteiger partial charge in [-0.15, -0.1) is 0 Å². The Morgan fingerprint density at radius 2 is 2.47 bits per heavy atom. The van der Waals surface area contributed by atoms with Crippen LogP contribution in [0.4, 0.5) is 11.6 Å². The molecule has 1 atom stereocenters. The molecule has 19 heavy (non-hydrogen) atoms. The van der Waals surface area contributed by atoms with Crippen LogP contribution in [0.15, 0.2) is 18.6 Å². The normalized spacial score (nSPS) is 19.4. The minimum absolute atomic E-state index is 0.444. The molecule has 8 heteroatoms. The molecule has 0 aromatic carbocycles. The number of nitrogens with one attached hydrogen (secondary N) is 1. The van der Waals surface area contributed by atoms with Gasteiger partial charge in [-0.2, -0.15) is 5.26 Å². The molecular formula is C11H13N7O. The summed E-state index contributed by atoms with van der Waals surface area (Å²) < 4.78 is 7.17. The number of aromatic nitrogens is 3. The van der Waals surface area contributed by atoms with Crippen molar-refractivity contribution in [2.75, 3.05) is 30.0 Å². The molecule has 2 aromatic heterocycles. The minimum Gasteiger partial charge on any atom is -0.360 e. The Kier molecular flexibility index (Phi) is 2.91. The van der Waals surface area contributed by atoms with E-state index in [2.05, 4.69) is 21.5 Å². The maximum absolute atomic E-state index is 8.95. The Hall–Kier alpha value is -2.37. The fourth-order valence-corrected chi connectivity index (χ4v) is 2.12. The Balaban J connectivity index is 2.03. The van der Waals surface area contributed by atoms with Gasteiger partial charge in [-0.3, -0.25) is 0 Å². The summed E-state index contributed by atoms with van der Waals surface area (Å²) in [6.45, 7) is 1.63. The predicted molar refractivity (Wildman–Crippen MR) is 68.4 cm³/mol. The lowest BCUT2D eigenvalue weighted by molar-refractivity contribution is 0.0762. The van der Waals surface area contributed by atoms with E-state index in [1.807, 2.05) is 15.5 Å². The highest BCUT2D eigenvalue weighted by atomic mass is 16.5. The van der Waals surface area contributed by atoms with E-state index < -0.39 is 6.10 Å². The van der Waals surface area contributed by atoms with Crippen molar-refractivity contribution >= 4 is 17.3 Å². The van der Waals surface area contributed by atoms with E-state index in [1.54, 1.807) is 12.4 Å². The monoisotopic (exact) mass is 259 g/mol. The molecule has 1 aliphatic rings. The van der Waals surface area contributed by atoms with Crippen LogP contribution in [-0.2, 0) is 4.74 Å². The Bertz CT molecular complexity index is 631. The van der Waals surface area contributed by atoms with E-state index in [1.165, 1.54) is 0 Å². The highest BCUT2D eigenvalue weighted by Gasteiger charge is 2.23. The average Bonchev–Trinajstić information content (AvgIpc) is 2.94. The first kappa shape index (κ1) is 11.7. The molecule has 0 spiro atoms. The zero-order valence-electron chi connectivity index (χ0n) is 10.2. The van der Waals surface area contributed by atoms with Crippen LogP contribution < -0.4 is 16.2 Å². The summed E-state index contributed by atoms with van der Waals surface area (Å²) in [7, 11) is 0. The van der Waals surface area contributed by atoms with Crippen molar-refractivity contribution < 1.29 is 4.74 Å². The number of hydrogen-bond acceptors (Lipinski definition) is 7. The maximum Gasteiger partial charge on any atom is 0.180 e. The predicted octanol–water partition coefficient (Wildman–Crippen LogP) is -0.256. The number of nitrogen functional groups attached to an aromatic ring is 1. The van der Waals surface area contributed by atoms with Gasteiger partial charge in [0.05, 0.1) is 25.4 Å². The number of nitrogens with zero attached hydrogens (tertiary/aromatic N) is 5.